The Morgan fingerprint density at radius 2 is 1.50 bits per heavy atom. The zero-order valence-corrected chi connectivity index (χ0v) is 16.2. The highest BCUT2D eigenvalue weighted by Gasteiger charge is 2.11. The van der Waals surface area contributed by atoms with Gasteiger partial charge in [-0.1, -0.05) is 66.2 Å². The Hall–Kier alpha value is -2.82. The fourth-order valence-corrected chi connectivity index (χ4v) is 2.74. The second kappa shape index (κ2) is 10.5. The van der Waals surface area contributed by atoms with Crippen LogP contribution in [0.1, 0.15) is 21.5 Å². The number of hydrogen-bond acceptors (Lipinski definition) is 3. The number of hydrogen-bond donors (Lipinski definition) is 1. The summed E-state index contributed by atoms with van der Waals surface area (Å²) in [4.78, 5) is 12.5. The summed E-state index contributed by atoms with van der Waals surface area (Å²) in [5.74, 6) is 0.357. The quantitative estimate of drug-likeness (QED) is 0.526. The lowest BCUT2D eigenvalue weighted by Crippen LogP contribution is -2.27. The summed E-state index contributed by atoms with van der Waals surface area (Å²) >= 11 is 5.90. The fraction of sp³-hybridized carbons (Fsp3) is 0.174. The van der Waals surface area contributed by atoms with Crippen LogP contribution in [0.2, 0.25) is 5.02 Å². The van der Waals surface area contributed by atoms with Crippen LogP contribution in [-0.2, 0) is 18.0 Å². The molecule has 28 heavy (non-hydrogen) atoms. The molecule has 0 unspecified atom stereocenters. The third kappa shape index (κ3) is 6.12. The lowest BCUT2D eigenvalue weighted by atomic mass is 10.2. The molecular formula is C23H22ClNO3. The number of carbonyl (C=O) groups excluding carboxylic acids is 1. The number of nitrogens with one attached hydrogen (secondary N) is 1. The zero-order chi connectivity index (χ0) is 19.6. The second-order valence-corrected chi connectivity index (χ2v) is 6.64. The van der Waals surface area contributed by atoms with Crippen molar-refractivity contribution in [2.24, 2.45) is 0 Å². The van der Waals surface area contributed by atoms with E-state index in [1.165, 1.54) is 0 Å². The highest BCUT2D eigenvalue weighted by molar-refractivity contribution is 6.30. The molecule has 0 heterocycles. The molecule has 0 fully saturated rings. The summed E-state index contributed by atoms with van der Waals surface area (Å²) in [5, 5.41) is 3.55. The van der Waals surface area contributed by atoms with E-state index in [2.05, 4.69) is 5.32 Å². The van der Waals surface area contributed by atoms with Crippen LogP contribution < -0.4 is 10.1 Å². The Balaban J connectivity index is 1.47. The molecule has 5 heteroatoms. The maximum Gasteiger partial charge on any atom is 0.255 e. The summed E-state index contributed by atoms with van der Waals surface area (Å²) in [6.45, 7) is 1.75. The van der Waals surface area contributed by atoms with Gasteiger partial charge in [0.25, 0.3) is 5.91 Å². The number of para-hydroxylation sites is 1. The van der Waals surface area contributed by atoms with E-state index in [0.29, 0.717) is 42.7 Å². The van der Waals surface area contributed by atoms with Gasteiger partial charge in [-0.25, -0.2) is 0 Å². The van der Waals surface area contributed by atoms with Crippen molar-refractivity contribution in [2.45, 2.75) is 13.2 Å². The molecule has 0 saturated carbocycles. The monoisotopic (exact) mass is 395 g/mol. The van der Waals surface area contributed by atoms with Crippen LogP contribution >= 0.6 is 11.6 Å². The molecule has 1 amide bonds. The van der Waals surface area contributed by atoms with E-state index in [0.717, 1.165) is 11.1 Å². The van der Waals surface area contributed by atoms with Gasteiger partial charge >= 0.3 is 0 Å². The van der Waals surface area contributed by atoms with Gasteiger partial charge in [0.2, 0.25) is 0 Å². The van der Waals surface area contributed by atoms with Crippen LogP contribution in [0.5, 0.6) is 5.75 Å². The van der Waals surface area contributed by atoms with Gasteiger partial charge < -0.3 is 14.8 Å². The van der Waals surface area contributed by atoms with E-state index in [4.69, 9.17) is 21.1 Å². The molecular weight excluding hydrogens is 374 g/mol. The Morgan fingerprint density at radius 1 is 0.821 bits per heavy atom. The predicted molar refractivity (Wildman–Crippen MR) is 111 cm³/mol. The Bertz CT molecular complexity index is 882. The summed E-state index contributed by atoms with van der Waals surface area (Å²) < 4.78 is 11.4. The molecule has 0 aliphatic carbocycles. The number of ether oxygens (including phenoxy) is 2. The topological polar surface area (TPSA) is 47.6 Å². The van der Waals surface area contributed by atoms with Gasteiger partial charge in [-0.05, 0) is 35.4 Å². The molecule has 144 valence electrons. The average Bonchev–Trinajstić information content (AvgIpc) is 2.74. The van der Waals surface area contributed by atoms with Gasteiger partial charge in [0, 0.05) is 11.6 Å². The van der Waals surface area contributed by atoms with Crippen molar-refractivity contribution in [1.82, 2.24) is 5.32 Å². The van der Waals surface area contributed by atoms with Crippen molar-refractivity contribution in [3.63, 3.8) is 0 Å². The van der Waals surface area contributed by atoms with E-state index >= 15 is 0 Å². The van der Waals surface area contributed by atoms with Crippen LogP contribution in [0.15, 0.2) is 78.9 Å². The molecule has 0 aromatic heterocycles. The van der Waals surface area contributed by atoms with E-state index in [-0.39, 0.29) is 5.91 Å². The summed E-state index contributed by atoms with van der Waals surface area (Å²) in [6.07, 6.45) is 0. The minimum atomic E-state index is -0.185. The lowest BCUT2D eigenvalue weighted by molar-refractivity contribution is 0.0897. The zero-order valence-electron chi connectivity index (χ0n) is 15.4. The van der Waals surface area contributed by atoms with E-state index < -0.39 is 0 Å². The molecule has 0 spiro atoms. The van der Waals surface area contributed by atoms with Crippen LogP contribution in [0.25, 0.3) is 0 Å². The molecule has 0 radical (unpaired) electrons. The largest absolute Gasteiger partial charge is 0.488 e. The standard InChI is InChI=1S/C23H22ClNO3/c24-20-12-10-19(11-13-20)17-28-22-9-5-4-8-21(22)23(26)25-14-15-27-16-18-6-2-1-3-7-18/h1-13H,14-17H2,(H,25,26). The first-order valence-corrected chi connectivity index (χ1v) is 9.46. The summed E-state index contributed by atoms with van der Waals surface area (Å²) in [6, 6.07) is 24.5. The normalized spacial score (nSPS) is 10.5. The number of benzene rings is 3. The lowest BCUT2D eigenvalue weighted by Gasteiger charge is -2.12. The van der Waals surface area contributed by atoms with Gasteiger partial charge in [-0.3, -0.25) is 4.79 Å². The van der Waals surface area contributed by atoms with Gasteiger partial charge in [-0.15, -0.1) is 0 Å². The molecule has 0 aliphatic heterocycles. The second-order valence-electron chi connectivity index (χ2n) is 6.21. The summed E-state index contributed by atoms with van der Waals surface area (Å²) in [7, 11) is 0. The third-order valence-corrected chi connectivity index (χ3v) is 4.33. The maximum absolute atomic E-state index is 12.5. The van der Waals surface area contributed by atoms with Crippen molar-refractivity contribution in [3.05, 3.63) is 101 Å². The van der Waals surface area contributed by atoms with Crippen LogP contribution in [0.4, 0.5) is 0 Å². The Morgan fingerprint density at radius 3 is 2.29 bits per heavy atom. The molecule has 0 atom stereocenters. The minimum absolute atomic E-state index is 0.185. The van der Waals surface area contributed by atoms with Gasteiger partial charge in [0.15, 0.2) is 0 Å². The first-order valence-electron chi connectivity index (χ1n) is 9.08. The fourth-order valence-electron chi connectivity index (χ4n) is 2.62. The Labute approximate surface area is 170 Å². The van der Waals surface area contributed by atoms with Crippen LogP contribution in [0, 0.1) is 0 Å². The smallest absolute Gasteiger partial charge is 0.255 e. The molecule has 3 aromatic rings. The van der Waals surface area contributed by atoms with Crippen LogP contribution in [-0.4, -0.2) is 19.1 Å². The molecule has 0 aliphatic rings. The van der Waals surface area contributed by atoms with Crippen molar-refractivity contribution in [3.8, 4) is 5.75 Å². The van der Waals surface area contributed by atoms with Crippen molar-refractivity contribution in [1.29, 1.82) is 0 Å². The average molecular weight is 396 g/mol. The molecule has 0 bridgehead atoms. The van der Waals surface area contributed by atoms with E-state index in [1.807, 2.05) is 66.7 Å². The molecule has 3 rings (SSSR count). The molecule has 4 nitrogen and oxygen atoms in total. The van der Waals surface area contributed by atoms with E-state index in [9.17, 15) is 4.79 Å². The summed E-state index contributed by atoms with van der Waals surface area (Å²) in [5.41, 5.74) is 2.59. The first kappa shape index (κ1) is 19.9. The highest BCUT2D eigenvalue weighted by atomic mass is 35.5. The molecule has 0 saturated heterocycles. The predicted octanol–water partition coefficient (Wildman–Crippen LogP) is 4.87. The van der Waals surface area contributed by atoms with Crippen LogP contribution in [0.3, 0.4) is 0 Å². The minimum Gasteiger partial charge on any atom is -0.488 e. The van der Waals surface area contributed by atoms with Gasteiger partial charge in [0.1, 0.15) is 12.4 Å². The van der Waals surface area contributed by atoms with Gasteiger partial charge in [-0.2, -0.15) is 0 Å². The molecule has 3 aromatic carbocycles. The highest BCUT2D eigenvalue weighted by Crippen LogP contribution is 2.20. The number of halogens is 1. The maximum atomic E-state index is 12.5. The van der Waals surface area contributed by atoms with Crippen molar-refractivity contribution < 1.29 is 14.3 Å². The first-order chi connectivity index (χ1) is 13.7. The van der Waals surface area contributed by atoms with Crippen molar-refractivity contribution >= 4 is 17.5 Å². The Kier molecular flexibility index (Phi) is 7.47. The number of rotatable bonds is 9. The van der Waals surface area contributed by atoms with Gasteiger partial charge in [0.05, 0.1) is 18.8 Å². The van der Waals surface area contributed by atoms with Crippen molar-refractivity contribution in [2.75, 3.05) is 13.2 Å². The molecule has 1 N–H and O–H groups in total. The third-order valence-electron chi connectivity index (χ3n) is 4.08. The van der Waals surface area contributed by atoms with E-state index in [1.54, 1.807) is 12.1 Å². The SMILES string of the molecule is O=C(NCCOCc1ccccc1)c1ccccc1OCc1ccc(Cl)cc1. The number of amides is 1. The number of carbonyl (C=O) groups is 1.